The lowest BCUT2D eigenvalue weighted by atomic mass is 9.94. The molecule has 9 nitrogen and oxygen atoms in total. The summed E-state index contributed by atoms with van der Waals surface area (Å²) in [7, 11) is 1.42. The summed E-state index contributed by atoms with van der Waals surface area (Å²) in [5.41, 5.74) is 7.85. The highest BCUT2D eigenvalue weighted by Crippen LogP contribution is 2.34. The maximum atomic E-state index is 11.6. The Kier molecular flexibility index (Phi) is 9.74. The number of hydrogen-bond donors (Lipinski definition) is 1. The lowest BCUT2D eigenvalue weighted by Crippen LogP contribution is -2.30. The number of ether oxygens (including phenoxy) is 3. The molecule has 1 aliphatic heterocycles. The van der Waals surface area contributed by atoms with Gasteiger partial charge in [0.15, 0.2) is 5.82 Å². The van der Waals surface area contributed by atoms with Crippen molar-refractivity contribution in [2.75, 3.05) is 40.0 Å². The van der Waals surface area contributed by atoms with Crippen LogP contribution in [0.4, 0.5) is 0 Å². The number of aryl methyl sites for hydroxylation is 1. The van der Waals surface area contributed by atoms with Gasteiger partial charge in [-0.3, -0.25) is 0 Å². The Morgan fingerprint density at radius 2 is 1.84 bits per heavy atom. The fourth-order valence-electron chi connectivity index (χ4n) is 5.65. The van der Waals surface area contributed by atoms with E-state index in [1.165, 1.54) is 40.2 Å². The van der Waals surface area contributed by atoms with Gasteiger partial charge in [0.1, 0.15) is 17.9 Å². The van der Waals surface area contributed by atoms with E-state index in [2.05, 4.69) is 36.0 Å². The molecule has 0 aliphatic carbocycles. The van der Waals surface area contributed by atoms with Gasteiger partial charge < -0.3 is 24.2 Å². The highest BCUT2D eigenvalue weighted by atomic mass is 16.5. The smallest absolute Gasteiger partial charge is 0.342 e. The number of carbonyl (C=O) groups is 1. The van der Waals surface area contributed by atoms with Gasteiger partial charge in [0, 0.05) is 31.8 Å². The maximum absolute atomic E-state index is 11.6. The van der Waals surface area contributed by atoms with E-state index in [4.69, 9.17) is 19.2 Å². The second-order valence-electron chi connectivity index (χ2n) is 10.8. The summed E-state index contributed by atoms with van der Waals surface area (Å²) in [5, 5.41) is 13.7. The molecule has 9 heteroatoms. The van der Waals surface area contributed by atoms with Crippen molar-refractivity contribution in [3.63, 3.8) is 0 Å². The van der Waals surface area contributed by atoms with Gasteiger partial charge >= 0.3 is 5.97 Å². The quantitative estimate of drug-likeness (QED) is 0.213. The zero-order chi connectivity index (χ0) is 30.3. The van der Waals surface area contributed by atoms with E-state index in [0.29, 0.717) is 18.1 Å². The summed E-state index contributed by atoms with van der Waals surface area (Å²) in [4.78, 5) is 18.9. The monoisotopic (exact) mass is 584 g/mol. The van der Waals surface area contributed by atoms with Crippen LogP contribution >= 0.6 is 0 Å². The van der Waals surface area contributed by atoms with Crippen molar-refractivity contribution in [3.8, 4) is 28.7 Å². The van der Waals surface area contributed by atoms with E-state index < -0.39 is 5.97 Å². The molecule has 0 spiro atoms. The Morgan fingerprint density at radius 3 is 2.63 bits per heavy atom. The van der Waals surface area contributed by atoms with E-state index in [9.17, 15) is 9.90 Å². The third-order valence-corrected chi connectivity index (χ3v) is 8.04. The normalized spacial score (nSPS) is 13.4. The number of carboxylic acids is 1. The second kappa shape index (κ2) is 13.8. The van der Waals surface area contributed by atoms with E-state index in [1.807, 2.05) is 37.3 Å². The first kappa shape index (κ1) is 30.3. The number of carboxylic acid groups (broad SMARTS) is 1. The molecule has 1 aliphatic rings. The molecule has 0 atom stereocenters. The molecular formula is C34H40N4O5. The van der Waals surface area contributed by atoms with Gasteiger partial charge in [0.05, 0.1) is 25.6 Å². The molecule has 1 N–H and O–H groups in total. The van der Waals surface area contributed by atoms with E-state index in [-0.39, 0.29) is 11.4 Å². The largest absolute Gasteiger partial charge is 0.488 e. The van der Waals surface area contributed by atoms with Crippen LogP contribution in [0.15, 0.2) is 54.7 Å². The average molecular weight is 585 g/mol. The lowest BCUT2D eigenvalue weighted by molar-refractivity contribution is 0.0693. The van der Waals surface area contributed by atoms with Crippen LogP contribution in [-0.4, -0.2) is 70.7 Å². The minimum absolute atomic E-state index is 0.0286. The third-order valence-electron chi connectivity index (χ3n) is 8.04. The molecule has 0 saturated heterocycles. The van der Waals surface area contributed by atoms with Crippen LogP contribution < -0.4 is 9.47 Å². The van der Waals surface area contributed by atoms with Crippen LogP contribution in [0, 0.1) is 13.8 Å². The van der Waals surface area contributed by atoms with Crippen LogP contribution in [0.2, 0.25) is 0 Å². The molecule has 0 unspecified atom stereocenters. The predicted molar refractivity (Wildman–Crippen MR) is 166 cm³/mol. The van der Waals surface area contributed by atoms with E-state index >= 15 is 0 Å². The van der Waals surface area contributed by atoms with Gasteiger partial charge in [-0.1, -0.05) is 37.3 Å². The van der Waals surface area contributed by atoms with Gasteiger partial charge in [0.2, 0.25) is 5.88 Å². The lowest BCUT2D eigenvalue weighted by Gasteiger charge is -2.19. The van der Waals surface area contributed by atoms with E-state index in [1.54, 1.807) is 6.07 Å². The number of nitrogens with zero attached hydrogens (tertiary/aromatic N) is 4. The van der Waals surface area contributed by atoms with Crippen molar-refractivity contribution in [3.05, 3.63) is 88.1 Å². The van der Waals surface area contributed by atoms with Crippen molar-refractivity contribution >= 4 is 5.97 Å². The standard InChI is InChI=1S/C34H40N4O5/c1-5-19-42-20-18-37-16-14-25-12-13-26(24(3)27(25)15-17-37)22-43-32-23(2)8-6-9-28(32)30-10-7-11-31(36-30)38-33(41-4)29(21-35-38)34(39)40/h6-13,21H,5,14-20,22H2,1-4H3,(H,39,40). The Labute approximate surface area is 253 Å². The zero-order valence-corrected chi connectivity index (χ0v) is 25.4. The Morgan fingerprint density at radius 1 is 1.02 bits per heavy atom. The molecule has 0 amide bonds. The van der Waals surface area contributed by atoms with Crippen molar-refractivity contribution < 1.29 is 24.1 Å². The second-order valence-corrected chi connectivity index (χ2v) is 10.8. The van der Waals surface area contributed by atoms with Crippen LogP contribution in [0.3, 0.4) is 0 Å². The number of hydrogen-bond acceptors (Lipinski definition) is 7. The maximum Gasteiger partial charge on any atom is 0.342 e. The molecule has 0 bridgehead atoms. The first-order valence-electron chi connectivity index (χ1n) is 14.9. The number of rotatable bonds is 12. The number of benzene rings is 2. The number of para-hydroxylation sites is 1. The van der Waals surface area contributed by atoms with Crippen molar-refractivity contribution in [1.82, 2.24) is 19.7 Å². The number of aromatic nitrogens is 3. The van der Waals surface area contributed by atoms with Crippen molar-refractivity contribution in [2.45, 2.75) is 46.6 Å². The number of pyridine rings is 1. The van der Waals surface area contributed by atoms with Crippen molar-refractivity contribution in [1.29, 1.82) is 0 Å². The fraction of sp³-hybridized carbons (Fsp3) is 0.382. The number of fused-ring (bicyclic) bond motifs is 1. The molecule has 2 aromatic heterocycles. The summed E-state index contributed by atoms with van der Waals surface area (Å²) >= 11 is 0. The fourth-order valence-corrected chi connectivity index (χ4v) is 5.65. The summed E-state index contributed by atoms with van der Waals surface area (Å²) in [6.07, 6.45) is 4.39. The van der Waals surface area contributed by atoms with E-state index in [0.717, 1.165) is 69.0 Å². The number of aromatic carboxylic acids is 1. The molecule has 0 saturated carbocycles. The molecule has 5 rings (SSSR count). The summed E-state index contributed by atoms with van der Waals surface area (Å²) in [5.74, 6) is 0.209. The summed E-state index contributed by atoms with van der Waals surface area (Å²) in [6.45, 7) is 11.5. The highest BCUT2D eigenvalue weighted by molar-refractivity contribution is 5.90. The topological polar surface area (TPSA) is 98.9 Å². The minimum atomic E-state index is -1.11. The molecule has 3 heterocycles. The minimum Gasteiger partial charge on any atom is -0.488 e. The predicted octanol–water partition coefficient (Wildman–Crippen LogP) is 5.66. The van der Waals surface area contributed by atoms with Crippen LogP contribution in [0.5, 0.6) is 11.6 Å². The molecule has 2 aromatic carbocycles. The highest BCUT2D eigenvalue weighted by Gasteiger charge is 2.21. The molecule has 4 aromatic rings. The van der Waals surface area contributed by atoms with Gasteiger partial charge in [0.25, 0.3) is 0 Å². The molecular weight excluding hydrogens is 544 g/mol. The van der Waals surface area contributed by atoms with Crippen molar-refractivity contribution in [2.24, 2.45) is 0 Å². The van der Waals surface area contributed by atoms with Gasteiger partial charge in [-0.05, 0) is 79.1 Å². The first-order valence-corrected chi connectivity index (χ1v) is 14.9. The molecule has 0 radical (unpaired) electrons. The number of methoxy groups -OCH3 is 1. The Hall–Kier alpha value is -4.21. The Balaban J connectivity index is 1.35. The first-order chi connectivity index (χ1) is 20.9. The van der Waals surface area contributed by atoms with Gasteiger partial charge in [-0.2, -0.15) is 9.78 Å². The summed E-state index contributed by atoms with van der Waals surface area (Å²) < 4.78 is 19.0. The summed E-state index contributed by atoms with van der Waals surface area (Å²) in [6, 6.07) is 16.0. The van der Waals surface area contributed by atoms with Crippen LogP contribution in [0.1, 0.15) is 51.5 Å². The molecule has 43 heavy (non-hydrogen) atoms. The average Bonchev–Trinajstić information content (AvgIpc) is 3.35. The molecule has 0 fully saturated rings. The zero-order valence-electron chi connectivity index (χ0n) is 25.4. The molecule has 226 valence electrons. The SMILES string of the molecule is CCCOCCN1CCc2ccc(COc3c(C)cccc3-c3cccc(-n4ncc(C(=O)O)c4OC)n3)c(C)c2CC1. The third kappa shape index (κ3) is 6.73. The Bertz CT molecular complexity index is 1580. The van der Waals surface area contributed by atoms with Crippen LogP contribution in [0.25, 0.3) is 17.1 Å². The van der Waals surface area contributed by atoms with Crippen LogP contribution in [-0.2, 0) is 24.2 Å². The van der Waals surface area contributed by atoms with Gasteiger partial charge in [-0.25, -0.2) is 9.78 Å². The van der Waals surface area contributed by atoms with Gasteiger partial charge in [-0.15, -0.1) is 0 Å².